The summed E-state index contributed by atoms with van der Waals surface area (Å²) in [7, 11) is -7.45. The van der Waals surface area contributed by atoms with E-state index in [0.717, 1.165) is 17.4 Å². The summed E-state index contributed by atoms with van der Waals surface area (Å²) in [5.41, 5.74) is -0.255. The van der Waals surface area contributed by atoms with Crippen LogP contribution in [0.2, 0.25) is 0 Å². The number of sulfonamides is 2. The number of rotatable bonds is 11. The van der Waals surface area contributed by atoms with E-state index < -0.39 is 25.0 Å². The van der Waals surface area contributed by atoms with Gasteiger partial charge in [-0.3, -0.25) is 10.1 Å². The van der Waals surface area contributed by atoms with Gasteiger partial charge in [0.25, 0.3) is 15.7 Å². The highest BCUT2D eigenvalue weighted by atomic mass is 32.2. The number of benzene rings is 1. The molecule has 0 aliphatic heterocycles. The summed E-state index contributed by atoms with van der Waals surface area (Å²) in [5, 5.41) is 14.4. The summed E-state index contributed by atoms with van der Waals surface area (Å²) in [4.78, 5) is 11.3. The molecular weight excluding hydrogens is 464 g/mol. The lowest BCUT2D eigenvalue weighted by molar-refractivity contribution is -0.384. The maximum absolute atomic E-state index is 12.6. The molecule has 13 heteroatoms. The van der Waals surface area contributed by atoms with Gasteiger partial charge in [-0.2, -0.15) is 4.31 Å². The van der Waals surface area contributed by atoms with Crippen molar-refractivity contribution in [2.24, 2.45) is 0 Å². The van der Waals surface area contributed by atoms with E-state index in [1.165, 1.54) is 22.5 Å². The molecule has 0 aliphatic rings. The second-order valence-electron chi connectivity index (χ2n) is 6.88. The topological polar surface area (TPSA) is 139 Å². The van der Waals surface area contributed by atoms with Gasteiger partial charge in [0.1, 0.15) is 9.90 Å². The summed E-state index contributed by atoms with van der Waals surface area (Å²) in [5.74, 6) is 0. The first kappa shape index (κ1) is 25.2. The van der Waals surface area contributed by atoms with Crippen LogP contribution in [0.4, 0.5) is 11.4 Å². The fraction of sp³-hybridized carbons (Fsp3) is 0.444. The fourth-order valence-corrected chi connectivity index (χ4v) is 7.00. The van der Waals surface area contributed by atoms with Crippen LogP contribution in [0.15, 0.2) is 39.4 Å². The summed E-state index contributed by atoms with van der Waals surface area (Å²) in [6.45, 7) is 7.69. The van der Waals surface area contributed by atoms with Crippen LogP contribution in [-0.2, 0) is 26.6 Å². The summed E-state index contributed by atoms with van der Waals surface area (Å²) >= 11 is 1.08. The molecule has 31 heavy (non-hydrogen) atoms. The van der Waals surface area contributed by atoms with Crippen molar-refractivity contribution in [2.45, 2.75) is 49.4 Å². The van der Waals surface area contributed by atoms with Gasteiger partial charge >= 0.3 is 0 Å². The lowest BCUT2D eigenvalue weighted by atomic mass is 10.2. The zero-order valence-electron chi connectivity index (χ0n) is 17.7. The van der Waals surface area contributed by atoms with Crippen LogP contribution in [-0.4, -0.2) is 45.2 Å². The Hall–Kier alpha value is -2.06. The molecule has 0 spiro atoms. The van der Waals surface area contributed by atoms with Crippen molar-refractivity contribution in [3.8, 4) is 0 Å². The standard InChI is InChI=1S/C18H26N4O6S3/c1-5-21(6-2)31(27,28)18-10-7-14(29-18)12-19-16-9-8-15(11-17(16)22(23)24)30(25,26)20-13(3)4/h7-11,13,19-20H,5-6,12H2,1-4H3. The van der Waals surface area contributed by atoms with Gasteiger partial charge in [0, 0.05) is 36.6 Å². The first-order valence-corrected chi connectivity index (χ1v) is 13.3. The Balaban J connectivity index is 2.25. The van der Waals surface area contributed by atoms with E-state index in [0.29, 0.717) is 18.0 Å². The maximum atomic E-state index is 12.6. The number of hydrogen-bond donors (Lipinski definition) is 2. The van der Waals surface area contributed by atoms with E-state index in [4.69, 9.17) is 0 Å². The highest BCUT2D eigenvalue weighted by molar-refractivity contribution is 7.91. The molecule has 0 atom stereocenters. The Morgan fingerprint density at radius 1 is 1.10 bits per heavy atom. The molecule has 1 heterocycles. The normalized spacial score (nSPS) is 12.5. The predicted octanol–water partition coefficient (Wildman–Crippen LogP) is 2.99. The quantitative estimate of drug-likeness (QED) is 0.365. The monoisotopic (exact) mass is 490 g/mol. The molecular formula is C18H26N4O6S3. The van der Waals surface area contributed by atoms with Gasteiger partial charge in [0.2, 0.25) is 10.0 Å². The average Bonchev–Trinajstić information content (AvgIpc) is 3.15. The third kappa shape index (κ3) is 6.01. The van der Waals surface area contributed by atoms with Crippen LogP contribution in [0.5, 0.6) is 0 Å². The minimum atomic E-state index is -3.88. The van der Waals surface area contributed by atoms with E-state index in [-0.39, 0.29) is 33.1 Å². The maximum Gasteiger partial charge on any atom is 0.293 e. The molecule has 0 saturated heterocycles. The number of anilines is 1. The zero-order valence-corrected chi connectivity index (χ0v) is 20.1. The van der Waals surface area contributed by atoms with Gasteiger partial charge in [-0.15, -0.1) is 11.3 Å². The molecule has 0 saturated carbocycles. The van der Waals surface area contributed by atoms with Crippen molar-refractivity contribution in [2.75, 3.05) is 18.4 Å². The van der Waals surface area contributed by atoms with Gasteiger partial charge in [-0.25, -0.2) is 21.6 Å². The third-order valence-electron chi connectivity index (χ3n) is 4.26. The smallest absolute Gasteiger partial charge is 0.293 e. The Labute approximate surface area is 186 Å². The van der Waals surface area contributed by atoms with Crippen LogP contribution in [0.3, 0.4) is 0 Å². The first-order valence-electron chi connectivity index (χ1n) is 9.55. The summed E-state index contributed by atoms with van der Waals surface area (Å²) < 4.78 is 53.7. The Kier molecular flexibility index (Phi) is 8.16. The molecule has 2 N–H and O–H groups in total. The number of nitro groups is 1. The molecule has 2 aromatic rings. The molecule has 2 rings (SSSR count). The third-order valence-corrected chi connectivity index (χ3v) is 9.52. The lowest BCUT2D eigenvalue weighted by Crippen LogP contribution is -2.30. The van der Waals surface area contributed by atoms with Crippen molar-refractivity contribution >= 4 is 42.8 Å². The Morgan fingerprint density at radius 3 is 2.29 bits per heavy atom. The first-order chi connectivity index (χ1) is 14.4. The van der Waals surface area contributed by atoms with E-state index in [2.05, 4.69) is 10.0 Å². The molecule has 1 aromatic heterocycles. The van der Waals surface area contributed by atoms with Crippen molar-refractivity contribution in [3.63, 3.8) is 0 Å². The van der Waals surface area contributed by atoms with Crippen LogP contribution < -0.4 is 10.0 Å². The minimum Gasteiger partial charge on any atom is -0.375 e. The number of nitrogens with one attached hydrogen (secondary N) is 2. The number of nitro benzene ring substituents is 1. The SMILES string of the molecule is CCN(CC)S(=O)(=O)c1ccc(CNc2ccc(S(=O)(=O)NC(C)C)cc2[N+](=O)[O-])s1. The lowest BCUT2D eigenvalue weighted by Gasteiger charge is -2.16. The average molecular weight is 491 g/mol. The minimum absolute atomic E-state index is 0.134. The molecule has 1 aromatic carbocycles. The van der Waals surface area contributed by atoms with Gasteiger partial charge in [-0.05, 0) is 38.1 Å². The van der Waals surface area contributed by atoms with E-state index in [1.54, 1.807) is 33.8 Å². The molecule has 0 unspecified atom stereocenters. The van der Waals surface area contributed by atoms with E-state index in [1.807, 2.05) is 0 Å². The number of hydrogen-bond acceptors (Lipinski definition) is 8. The molecule has 0 bridgehead atoms. The second-order valence-corrected chi connectivity index (χ2v) is 11.9. The number of thiophene rings is 1. The zero-order chi connectivity index (χ0) is 23.4. The Bertz CT molecular complexity index is 1140. The molecule has 0 fully saturated rings. The fourth-order valence-electron chi connectivity index (χ4n) is 2.82. The van der Waals surface area contributed by atoms with Crippen LogP contribution in [0, 0.1) is 10.1 Å². The van der Waals surface area contributed by atoms with Crippen molar-refractivity contribution in [1.29, 1.82) is 0 Å². The van der Waals surface area contributed by atoms with E-state index in [9.17, 15) is 26.9 Å². The highest BCUT2D eigenvalue weighted by Crippen LogP contribution is 2.30. The van der Waals surface area contributed by atoms with Crippen molar-refractivity contribution in [3.05, 3.63) is 45.3 Å². The summed E-state index contributed by atoms with van der Waals surface area (Å²) in [6, 6.07) is 6.40. The molecule has 172 valence electrons. The predicted molar refractivity (Wildman–Crippen MR) is 120 cm³/mol. The molecule has 10 nitrogen and oxygen atoms in total. The van der Waals surface area contributed by atoms with E-state index >= 15 is 0 Å². The summed E-state index contributed by atoms with van der Waals surface area (Å²) in [6.07, 6.45) is 0. The highest BCUT2D eigenvalue weighted by Gasteiger charge is 2.24. The molecule has 0 radical (unpaired) electrons. The van der Waals surface area contributed by atoms with Crippen molar-refractivity contribution in [1.82, 2.24) is 9.03 Å². The van der Waals surface area contributed by atoms with Crippen LogP contribution in [0.25, 0.3) is 0 Å². The largest absolute Gasteiger partial charge is 0.375 e. The van der Waals surface area contributed by atoms with Gasteiger partial charge in [0.05, 0.1) is 9.82 Å². The molecule has 0 aliphatic carbocycles. The van der Waals surface area contributed by atoms with Crippen LogP contribution in [0.1, 0.15) is 32.6 Å². The number of nitrogens with zero attached hydrogens (tertiary/aromatic N) is 2. The van der Waals surface area contributed by atoms with Crippen molar-refractivity contribution < 1.29 is 21.8 Å². The van der Waals surface area contributed by atoms with Gasteiger partial charge < -0.3 is 5.32 Å². The Morgan fingerprint density at radius 2 is 1.74 bits per heavy atom. The molecule has 0 amide bonds. The second kappa shape index (κ2) is 10.0. The van der Waals surface area contributed by atoms with Crippen LogP contribution >= 0.6 is 11.3 Å². The van der Waals surface area contributed by atoms with Gasteiger partial charge in [0.15, 0.2) is 0 Å². The van der Waals surface area contributed by atoms with Gasteiger partial charge in [-0.1, -0.05) is 13.8 Å².